The van der Waals surface area contributed by atoms with E-state index in [0.717, 1.165) is 6.42 Å². The van der Waals surface area contributed by atoms with E-state index in [1.54, 1.807) is 3.59 Å². The summed E-state index contributed by atoms with van der Waals surface area (Å²) in [6.07, 6.45) is 10.6. The molecule has 0 fully saturated rings. The molecule has 0 atom stereocenters. The topological polar surface area (TPSA) is 26.3 Å². The van der Waals surface area contributed by atoms with Crippen LogP contribution in [0.4, 0.5) is 0 Å². The van der Waals surface area contributed by atoms with Gasteiger partial charge in [-0.15, -0.1) is 0 Å². The Morgan fingerprint density at radius 2 is 1.15 bits per heavy atom. The summed E-state index contributed by atoms with van der Waals surface area (Å²) in [6, 6.07) is 21.9. The van der Waals surface area contributed by atoms with Crippen LogP contribution in [0.15, 0.2) is 70.3 Å². The first kappa shape index (κ1) is 36.0. The van der Waals surface area contributed by atoms with Crippen molar-refractivity contribution in [2.75, 3.05) is 6.61 Å². The first-order valence-electron chi connectivity index (χ1n) is 16.4. The van der Waals surface area contributed by atoms with E-state index >= 15 is 0 Å². The van der Waals surface area contributed by atoms with E-state index in [0.29, 0.717) is 12.4 Å². The molecule has 0 aliphatic carbocycles. The summed E-state index contributed by atoms with van der Waals surface area (Å²) in [4.78, 5) is 13.6. The number of benzene rings is 2. The molecule has 0 aliphatic rings. The molecule has 2 aromatic rings. The van der Waals surface area contributed by atoms with Gasteiger partial charge in [0.1, 0.15) is 0 Å². The van der Waals surface area contributed by atoms with Gasteiger partial charge in [0.2, 0.25) is 0 Å². The quantitative estimate of drug-likeness (QED) is 0.123. The Kier molecular flexibility index (Phi) is 14.6. The molecule has 0 aromatic heterocycles. The van der Waals surface area contributed by atoms with E-state index < -0.39 is 26.7 Å². The van der Waals surface area contributed by atoms with Crippen LogP contribution < -0.4 is 10.4 Å². The Morgan fingerprint density at radius 1 is 0.732 bits per heavy atom. The van der Waals surface area contributed by atoms with Crippen LogP contribution in [0.1, 0.15) is 107 Å². The zero-order valence-corrected chi connectivity index (χ0v) is 31.8. The van der Waals surface area contributed by atoms with Gasteiger partial charge in [-0.3, -0.25) is 0 Å². The Morgan fingerprint density at radius 3 is 1.49 bits per heavy atom. The number of carbonyl (C=O) groups is 1. The molecule has 0 radical (unpaired) electrons. The molecule has 2 aromatic carbocycles. The first-order valence-corrected chi connectivity index (χ1v) is 25.8. The summed E-state index contributed by atoms with van der Waals surface area (Å²) in [5.41, 5.74) is -0.359. The predicted molar refractivity (Wildman–Crippen MR) is 186 cm³/mol. The number of rotatable bonds is 17. The van der Waals surface area contributed by atoms with Gasteiger partial charge in [-0.05, 0) is 0 Å². The summed E-state index contributed by atoms with van der Waals surface area (Å²) in [5, 5.41) is 2.61. The van der Waals surface area contributed by atoms with Gasteiger partial charge in [0, 0.05) is 0 Å². The van der Waals surface area contributed by atoms with Crippen LogP contribution in [-0.2, 0) is 9.22 Å². The van der Waals surface area contributed by atoms with Gasteiger partial charge in [-0.1, -0.05) is 0 Å². The SMILES string of the molecule is CCC[CH2][Sn]([CH2]CCC)([CH2]CCC)/[C](=C\C(=O)C(C)(C)C)CCO[Si](c1ccccc1)(c1ccccc1)C(C)(C)C. The van der Waals surface area contributed by atoms with Crippen LogP contribution >= 0.6 is 0 Å². The van der Waals surface area contributed by atoms with E-state index in [1.165, 1.54) is 62.2 Å². The molecule has 0 saturated heterocycles. The van der Waals surface area contributed by atoms with Crippen molar-refractivity contribution in [3.63, 3.8) is 0 Å². The van der Waals surface area contributed by atoms with Gasteiger partial charge in [-0.25, -0.2) is 0 Å². The number of ketones is 1. The molecule has 2 rings (SSSR count). The zero-order chi connectivity index (χ0) is 30.6. The van der Waals surface area contributed by atoms with Crippen LogP contribution in [-0.4, -0.2) is 39.1 Å². The Bertz CT molecular complexity index is 1000. The molecule has 0 N–H and O–H groups in total. The second-order valence-electron chi connectivity index (χ2n) is 14.1. The first-order chi connectivity index (χ1) is 19.4. The third kappa shape index (κ3) is 9.66. The molecule has 0 heterocycles. The van der Waals surface area contributed by atoms with Crippen LogP contribution in [0.5, 0.6) is 0 Å². The molecule has 0 amide bonds. The van der Waals surface area contributed by atoms with Gasteiger partial charge in [0.15, 0.2) is 0 Å². The molecule has 228 valence electrons. The minimum absolute atomic E-state index is 0.0478. The molecule has 0 bridgehead atoms. The molecule has 0 unspecified atom stereocenters. The summed E-state index contributed by atoms with van der Waals surface area (Å²) in [6.45, 7) is 20.9. The maximum atomic E-state index is 13.6. The third-order valence-corrected chi connectivity index (χ3v) is 30.1. The van der Waals surface area contributed by atoms with Crippen molar-refractivity contribution in [3.05, 3.63) is 70.3 Å². The third-order valence-electron chi connectivity index (χ3n) is 8.86. The summed E-state index contributed by atoms with van der Waals surface area (Å²) in [7, 11) is -2.62. The normalized spacial score (nSPS) is 13.4. The molecule has 2 nitrogen and oxygen atoms in total. The van der Waals surface area contributed by atoms with Crippen molar-refractivity contribution in [3.8, 4) is 0 Å². The average Bonchev–Trinajstić information content (AvgIpc) is 2.94. The van der Waals surface area contributed by atoms with Crippen LogP contribution in [0.25, 0.3) is 0 Å². The fourth-order valence-corrected chi connectivity index (χ4v) is 27.7. The molecular formula is C37H60O2SiSn. The zero-order valence-electron chi connectivity index (χ0n) is 27.9. The fraction of sp³-hybridized carbons (Fsp3) is 0.595. The number of hydrogen-bond donors (Lipinski definition) is 0. The van der Waals surface area contributed by atoms with E-state index in [1.807, 2.05) is 0 Å². The number of unbranched alkanes of at least 4 members (excludes halogenated alkanes) is 3. The monoisotopic (exact) mass is 684 g/mol. The van der Waals surface area contributed by atoms with Crippen molar-refractivity contribution in [1.82, 2.24) is 0 Å². The van der Waals surface area contributed by atoms with Crippen LogP contribution in [0.3, 0.4) is 0 Å². The number of allylic oxidation sites excluding steroid dienone is 1. The second-order valence-corrected chi connectivity index (χ2v) is 31.9. The fourth-order valence-electron chi connectivity index (χ4n) is 6.34. The Labute approximate surface area is 258 Å². The Hall–Kier alpha value is -1.17. The van der Waals surface area contributed by atoms with Crippen molar-refractivity contribution >= 4 is 42.9 Å². The molecule has 0 saturated carbocycles. The van der Waals surface area contributed by atoms with Gasteiger partial charge in [0.25, 0.3) is 0 Å². The van der Waals surface area contributed by atoms with E-state index in [-0.39, 0.29) is 10.5 Å². The van der Waals surface area contributed by atoms with Crippen molar-refractivity contribution < 1.29 is 9.22 Å². The molecule has 4 heteroatoms. The Balaban J connectivity index is 2.63. The van der Waals surface area contributed by atoms with Gasteiger partial charge in [0.05, 0.1) is 0 Å². The van der Waals surface area contributed by atoms with Gasteiger partial charge in [-0.2, -0.15) is 0 Å². The van der Waals surface area contributed by atoms with E-state index in [2.05, 4.69) is 129 Å². The number of carbonyl (C=O) groups excluding carboxylic acids is 1. The molecular weight excluding hydrogens is 623 g/mol. The summed E-state index contributed by atoms with van der Waals surface area (Å²) < 4.78 is 13.0. The molecule has 0 aliphatic heterocycles. The van der Waals surface area contributed by atoms with Gasteiger partial charge >= 0.3 is 260 Å². The van der Waals surface area contributed by atoms with E-state index in [4.69, 9.17) is 4.43 Å². The van der Waals surface area contributed by atoms with Crippen LogP contribution in [0.2, 0.25) is 18.3 Å². The second kappa shape index (κ2) is 16.6. The average molecular weight is 684 g/mol. The molecule has 0 spiro atoms. The van der Waals surface area contributed by atoms with E-state index in [9.17, 15) is 4.79 Å². The summed E-state index contributed by atoms with van der Waals surface area (Å²) in [5.74, 6) is 0.295. The summed E-state index contributed by atoms with van der Waals surface area (Å²) >= 11 is -2.84. The predicted octanol–water partition coefficient (Wildman–Crippen LogP) is 9.88. The number of hydrogen-bond acceptors (Lipinski definition) is 2. The minimum atomic E-state index is -2.84. The van der Waals surface area contributed by atoms with Crippen LogP contribution in [0, 0.1) is 5.41 Å². The van der Waals surface area contributed by atoms with Crippen molar-refractivity contribution in [1.29, 1.82) is 0 Å². The standard InChI is InChI=1S/C25H33O2Si.3C4H9.Sn/c1-24(2,3)23(26)19-13-14-20-27-28(25(4,5)6,21-15-9-7-10-16-21)22-17-11-8-12-18-22;3*1-3-4-2;/h7-12,15-19H,14,20H2,1-6H3;3*1,3-4H2,2H3;. The van der Waals surface area contributed by atoms with Crippen molar-refractivity contribution in [2.24, 2.45) is 5.41 Å². The van der Waals surface area contributed by atoms with Gasteiger partial charge < -0.3 is 0 Å². The maximum absolute atomic E-state index is 13.6. The van der Waals surface area contributed by atoms with Crippen molar-refractivity contribution in [2.45, 2.75) is 126 Å². The molecule has 41 heavy (non-hydrogen) atoms.